The molecule has 0 radical (unpaired) electrons. The summed E-state index contributed by atoms with van der Waals surface area (Å²) in [4.78, 5) is 37.6. The van der Waals surface area contributed by atoms with Gasteiger partial charge in [0.05, 0.1) is 21.8 Å². The second-order valence-electron chi connectivity index (χ2n) is 7.34. The number of Topliss-reactive ketones (excluding diaryl/α,β-unsaturated/α-hetero) is 1. The highest BCUT2D eigenvalue weighted by molar-refractivity contribution is 7.13. The van der Waals surface area contributed by atoms with Crippen LogP contribution in [0.2, 0.25) is 10.0 Å². The van der Waals surface area contributed by atoms with Gasteiger partial charge >= 0.3 is 6.18 Å². The summed E-state index contributed by atoms with van der Waals surface area (Å²) in [6, 6.07) is 3.08. The van der Waals surface area contributed by atoms with Crippen LogP contribution in [0.3, 0.4) is 0 Å². The Hall–Kier alpha value is -2.80. The molecule has 14 heteroatoms. The average Bonchev–Trinajstić information content (AvgIpc) is 3.29. The van der Waals surface area contributed by atoms with Gasteiger partial charge in [-0.25, -0.2) is 15.0 Å². The molecule has 8 nitrogen and oxygen atoms in total. The Bertz CT molecular complexity index is 1240. The first-order chi connectivity index (χ1) is 16.5. The van der Waals surface area contributed by atoms with Gasteiger partial charge in [-0.05, 0) is 18.2 Å². The van der Waals surface area contributed by atoms with Crippen LogP contribution in [0, 0.1) is 0 Å². The number of aromatic nitrogens is 3. The lowest BCUT2D eigenvalue weighted by Crippen LogP contribution is -2.16. The van der Waals surface area contributed by atoms with Crippen molar-refractivity contribution in [3.05, 3.63) is 61.9 Å². The van der Waals surface area contributed by atoms with Gasteiger partial charge < -0.3 is 16.4 Å². The van der Waals surface area contributed by atoms with Crippen molar-refractivity contribution in [2.45, 2.75) is 25.4 Å². The zero-order valence-corrected chi connectivity index (χ0v) is 20.4. The van der Waals surface area contributed by atoms with E-state index < -0.39 is 22.7 Å². The topological polar surface area (TPSA) is 123 Å². The van der Waals surface area contributed by atoms with Crippen molar-refractivity contribution in [1.82, 2.24) is 15.0 Å². The fourth-order valence-electron chi connectivity index (χ4n) is 2.97. The third kappa shape index (κ3) is 6.66. The largest absolute Gasteiger partial charge is 0.417 e. The van der Waals surface area contributed by atoms with Crippen molar-refractivity contribution in [1.29, 1.82) is 0 Å². The summed E-state index contributed by atoms with van der Waals surface area (Å²) in [6.45, 7) is 2.51. The molecule has 1 unspecified atom stereocenters. The molecule has 2 heterocycles. The fourth-order valence-corrected chi connectivity index (χ4v) is 4.33. The molecule has 0 aliphatic heterocycles. The number of halogens is 5. The number of anilines is 2. The number of nitrogens with zero attached hydrogens (tertiary/aromatic N) is 3. The molecule has 1 aromatic carbocycles. The van der Waals surface area contributed by atoms with Crippen LogP contribution in [-0.4, -0.2) is 39.7 Å². The fraction of sp³-hybridized carbons (Fsp3) is 0.286. The Morgan fingerprint density at radius 1 is 1.20 bits per heavy atom. The van der Waals surface area contributed by atoms with Crippen LogP contribution in [0.25, 0.3) is 0 Å². The van der Waals surface area contributed by atoms with Crippen molar-refractivity contribution < 1.29 is 22.8 Å². The Labute approximate surface area is 212 Å². The van der Waals surface area contributed by atoms with Gasteiger partial charge in [0.2, 0.25) is 0 Å². The molecular formula is C21H19Cl2F3N6O2S. The summed E-state index contributed by atoms with van der Waals surface area (Å²) in [5.41, 5.74) is 4.37. The molecule has 2 aromatic heterocycles. The summed E-state index contributed by atoms with van der Waals surface area (Å²) in [5, 5.41) is 5.41. The van der Waals surface area contributed by atoms with Crippen LogP contribution in [0.1, 0.15) is 50.0 Å². The van der Waals surface area contributed by atoms with E-state index in [2.05, 4.69) is 25.6 Å². The lowest BCUT2D eigenvalue weighted by atomic mass is 10.0. The molecule has 1 atom stereocenters. The van der Waals surface area contributed by atoms with Gasteiger partial charge in [0.25, 0.3) is 5.91 Å². The molecule has 186 valence electrons. The predicted octanol–water partition coefficient (Wildman–Crippen LogP) is 5.26. The van der Waals surface area contributed by atoms with E-state index in [9.17, 15) is 22.8 Å². The summed E-state index contributed by atoms with van der Waals surface area (Å²) in [5.74, 6) is -1.07. The Morgan fingerprint density at radius 3 is 2.63 bits per heavy atom. The number of benzene rings is 1. The molecule has 0 aliphatic carbocycles. The second kappa shape index (κ2) is 11.3. The van der Waals surface area contributed by atoms with Crippen LogP contribution >= 0.6 is 34.5 Å². The number of ketones is 1. The smallest absolute Gasteiger partial charge is 0.367 e. The Kier molecular flexibility index (Phi) is 8.65. The van der Waals surface area contributed by atoms with Crippen molar-refractivity contribution >= 4 is 57.7 Å². The minimum absolute atomic E-state index is 0.00770. The van der Waals surface area contributed by atoms with Gasteiger partial charge in [-0.15, -0.1) is 11.3 Å². The molecule has 1 amide bonds. The van der Waals surface area contributed by atoms with Crippen LogP contribution in [-0.2, 0) is 6.18 Å². The van der Waals surface area contributed by atoms with Gasteiger partial charge in [-0.3, -0.25) is 9.59 Å². The third-order valence-corrected chi connectivity index (χ3v) is 6.60. The summed E-state index contributed by atoms with van der Waals surface area (Å²) in [6.07, 6.45) is -2.14. The van der Waals surface area contributed by atoms with Crippen molar-refractivity contribution in [3.8, 4) is 0 Å². The van der Waals surface area contributed by atoms with Crippen molar-refractivity contribution in [2.24, 2.45) is 5.73 Å². The third-order valence-electron chi connectivity index (χ3n) is 4.68. The van der Waals surface area contributed by atoms with Crippen LogP contribution in [0.5, 0.6) is 0 Å². The summed E-state index contributed by atoms with van der Waals surface area (Å²) >= 11 is 12.9. The number of thiazole rings is 1. The van der Waals surface area contributed by atoms with Crippen molar-refractivity contribution in [3.63, 3.8) is 0 Å². The number of rotatable bonds is 9. The molecule has 0 spiro atoms. The number of carbonyl (C=O) groups excluding carboxylic acids is 2. The summed E-state index contributed by atoms with van der Waals surface area (Å²) in [7, 11) is 0. The normalized spacial score (nSPS) is 12.3. The molecule has 0 aliphatic rings. The molecule has 3 aromatic rings. The first kappa shape index (κ1) is 26.8. The zero-order valence-electron chi connectivity index (χ0n) is 18.1. The van der Waals surface area contributed by atoms with Crippen LogP contribution in [0.15, 0.2) is 30.7 Å². The Balaban J connectivity index is 1.69. The van der Waals surface area contributed by atoms with Gasteiger partial charge in [-0.1, -0.05) is 30.1 Å². The maximum atomic E-state index is 13.1. The van der Waals surface area contributed by atoms with E-state index >= 15 is 0 Å². The first-order valence-corrected chi connectivity index (χ1v) is 11.7. The highest BCUT2D eigenvalue weighted by Crippen LogP contribution is 2.36. The van der Waals surface area contributed by atoms with Gasteiger partial charge in [-0.2, -0.15) is 13.2 Å². The lowest BCUT2D eigenvalue weighted by Gasteiger charge is -2.11. The van der Waals surface area contributed by atoms with E-state index in [1.54, 1.807) is 6.92 Å². The van der Waals surface area contributed by atoms with Crippen LogP contribution in [0.4, 0.5) is 24.7 Å². The van der Waals surface area contributed by atoms with E-state index in [-0.39, 0.29) is 39.4 Å². The van der Waals surface area contributed by atoms with E-state index in [0.29, 0.717) is 23.9 Å². The van der Waals surface area contributed by atoms with E-state index in [4.69, 9.17) is 28.9 Å². The van der Waals surface area contributed by atoms with Crippen molar-refractivity contribution in [2.75, 3.05) is 23.7 Å². The number of hydrogen-bond acceptors (Lipinski definition) is 8. The molecular weight excluding hydrogens is 528 g/mol. The molecule has 35 heavy (non-hydrogen) atoms. The number of hydrogen-bond donors (Lipinski definition) is 3. The number of carbonyl (C=O) groups is 2. The molecule has 0 fully saturated rings. The van der Waals surface area contributed by atoms with Crippen LogP contribution < -0.4 is 16.4 Å². The van der Waals surface area contributed by atoms with E-state index in [0.717, 1.165) is 23.5 Å². The standard InChI is InChI=1S/C21H19Cl2F3N6O2S/c1-10(6-14(33)17-16(23)18(28-5-4-27)31-9-30-17)20-29-8-15(35-20)19(34)32-11-2-3-13(22)12(7-11)21(24,25)26/h2-3,7-10H,4-6,27H2,1H3,(H,32,34)(H,28,30,31). The van der Waals surface area contributed by atoms with E-state index in [1.807, 2.05) is 0 Å². The Morgan fingerprint density at radius 2 is 1.94 bits per heavy atom. The number of alkyl halides is 3. The van der Waals surface area contributed by atoms with Gasteiger partial charge in [0.15, 0.2) is 5.78 Å². The maximum absolute atomic E-state index is 13.1. The molecule has 4 N–H and O–H groups in total. The molecule has 3 rings (SSSR count). The van der Waals surface area contributed by atoms with E-state index in [1.165, 1.54) is 18.6 Å². The molecule has 0 saturated heterocycles. The highest BCUT2D eigenvalue weighted by Gasteiger charge is 2.33. The zero-order chi connectivity index (χ0) is 25.8. The number of amides is 1. The lowest BCUT2D eigenvalue weighted by molar-refractivity contribution is -0.137. The SMILES string of the molecule is CC(CC(=O)c1ncnc(NCCN)c1Cl)c1ncc(C(=O)Nc2ccc(Cl)c(C(F)(F)F)c2)s1. The highest BCUT2D eigenvalue weighted by atomic mass is 35.5. The number of nitrogens with two attached hydrogens (primary N) is 1. The first-order valence-electron chi connectivity index (χ1n) is 10.1. The monoisotopic (exact) mass is 546 g/mol. The molecule has 0 bridgehead atoms. The van der Waals surface area contributed by atoms with Gasteiger partial charge in [0, 0.05) is 31.1 Å². The second-order valence-corrected chi connectivity index (χ2v) is 9.19. The predicted molar refractivity (Wildman–Crippen MR) is 128 cm³/mol. The quantitative estimate of drug-likeness (QED) is 0.313. The molecule has 0 saturated carbocycles. The maximum Gasteiger partial charge on any atom is 0.417 e. The minimum Gasteiger partial charge on any atom is -0.367 e. The summed E-state index contributed by atoms with van der Waals surface area (Å²) < 4.78 is 39.2. The number of nitrogens with one attached hydrogen (secondary N) is 2. The average molecular weight is 547 g/mol. The van der Waals surface area contributed by atoms with Gasteiger partial charge in [0.1, 0.15) is 27.7 Å². The minimum atomic E-state index is -4.66.